The lowest BCUT2D eigenvalue weighted by Crippen LogP contribution is -2.07. The summed E-state index contributed by atoms with van der Waals surface area (Å²) in [7, 11) is 1.64. The predicted octanol–water partition coefficient (Wildman–Crippen LogP) is 2.48. The van der Waals surface area contributed by atoms with Crippen molar-refractivity contribution in [1.82, 2.24) is 9.55 Å². The fraction of sp³-hybridized carbons (Fsp3) is 0.471. The van der Waals surface area contributed by atoms with Crippen molar-refractivity contribution >= 4 is 11.8 Å². The molecule has 0 atom stereocenters. The van der Waals surface area contributed by atoms with Crippen molar-refractivity contribution in [3.63, 3.8) is 0 Å². The molecule has 1 aromatic carbocycles. The first-order valence-electron chi connectivity index (χ1n) is 7.86. The van der Waals surface area contributed by atoms with E-state index in [0.29, 0.717) is 26.6 Å². The predicted molar refractivity (Wildman–Crippen MR) is 93.5 cm³/mol. The third-order valence-corrected chi connectivity index (χ3v) is 4.34. The summed E-state index contributed by atoms with van der Waals surface area (Å²) < 4.78 is 17.5. The quantitative estimate of drug-likeness (QED) is 0.360. The second-order valence-electron chi connectivity index (χ2n) is 5.00. The normalized spacial score (nSPS) is 11.1. The first-order chi connectivity index (χ1) is 11.9. The van der Waals surface area contributed by atoms with Crippen molar-refractivity contribution in [1.29, 1.82) is 0 Å². The van der Waals surface area contributed by atoms with Gasteiger partial charge in [-0.15, -0.1) is 0 Å². The van der Waals surface area contributed by atoms with Gasteiger partial charge in [-0.05, 0) is 12.5 Å². The minimum absolute atomic E-state index is 0.00930. The summed E-state index contributed by atoms with van der Waals surface area (Å²) in [6, 6.07) is 7.78. The summed E-state index contributed by atoms with van der Waals surface area (Å²) in [5, 5.41) is 10.4. The maximum Gasteiger partial charge on any atom is 0.172 e. The van der Waals surface area contributed by atoms with Crippen LogP contribution in [-0.4, -0.2) is 54.1 Å². The Balaban J connectivity index is 1.74. The number of imidazole rings is 1. The first kappa shape index (κ1) is 19.0. The van der Waals surface area contributed by atoms with Crippen LogP contribution in [0.25, 0.3) is 5.69 Å². The zero-order valence-electron chi connectivity index (χ0n) is 13.9. The molecule has 1 heterocycles. The van der Waals surface area contributed by atoms with Gasteiger partial charge in [0.05, 0.1) is 32.1 Å². The fourth-order valence-corrected chi connectivity index (χ4v) is 2.98. The van der Waals surface area contributed by atoms with Crippen LogP contribution in [0.15, 0.2) is 41.8 Å². The van der Waals surface area contributed by atoms with E-state index in [1.165, 1.54) is 0 Å². The Bertz CT molecular complexity index is 591. The molecule has 2 rings (SSSR count). The zero-order chi connectivity index (χ0) is 17.0. The van der Waals surface area contributed by atoms with Gasteiger partial charge in [0, 0.05) is 30.8 Å². The monoisotopic (exact) mass is 352 g/mol. The van der Waals surface area contributed by atoms with Crippen LogP contribution in [0.2, 0.25) is 0 Å². The molecule has 2 aromatic rings. The molecule has 6 nitrogen and oxygen atoms in total. The van der Waals surface area contributed by atoms with Gasteiger partial charge in [0.2, 0.25) is 0 Å². The first-order valence-corrected chi connectivity index (χ1v) is 8.85. The molecule has 24 heavy (non-hydrogen) atoms. The molecule has 0 amide bonds. The van der Waals surface area contributed by atoms with E-state index in [1.807, 2.05) is 35.0 Å². The van der Waals surface area contributed by atoms with Crippen molar-refractivity contribution in [3.8, 4) is 5.69 Å². The highest BCUT2D eigenvalue weighted by Gasteiger charge is 2.08. The highest BCUT2D eigenvalue weighted by molar-refractivity contribution is 7.99. The summed E-state index contributed by atoms with van der Waals surface area (Å²) in [5.74, 6) is 0.899. The van der Waals surface area contributed by atoms with Gasteiger partial charge in [-0.1, -0.05) is 30.0 Å². The van der Waals surface area contributed by atoms with Gasteiger partial charge in [-0.2, -0.15) is 0 Å². The Hall–Kier alpha value is -1.38. The highest BCUT2D eigenvalue weighted by Crippen LogP contribution is 2.23. The Kier molecular flexibility index (Phi) is 8.86. The molecule has 0 saturated carbocycles. The number of aromatic nitrogens is 2. The van der Waals surface area contributed by atoms with E-state index in [4.69, 9.17) is 14.2 Å². The Morgan fingerprint density at radius 3 is 2.83 bits per heavy atom. The number of aliphatic hydroxyl groups excluding tert-OH is 1. The number of benzene rings is 1. The number of hydrogen-bond acceptors (Lipinski definition) is 6. The fourth-order valence-electron chi connectivity index (χ4n) is 2.10. The summed E-state index contributed by atoms with van der Waals surface area (Å²) in [5.41, 5.74) is 1.84. The maximum atomic E-state index is 9.48. The molecule has 0 bridgehead atoms. The molecule has 0 saturated heterocycles. The number of ether oxygens (including phenoxy) is 3. The Morgan fingerprint density at radius 2 is 2.00 bits per heavy atom. The molecule has 1 N–H and O–H groups in total. The lowest BCUT2D eigenvalue weighted by molar-refractivity contribution is -0.0651. The number of aliphatic hydroxyl groups is 1. The molecule has 132 valence electrons. The molecular formula is C17H24N2O4S. The van der Waals surface area contributed by atoms with Gasteiger partial charge in [0.25, 0.3) is 0 Å². The molecule has 0 spiro atoms. The summed E-state index contributed by atoms with van der Waals surface area (Å²) in [6.07, 6.45) is 4.60. The number of hydrogen-bond donors (Lipinski definition) is 1. The summed E-state index contributed by atoms with van der Waals surface area (Å²) in [4.78, 5) is 4.40. The third kappa shape index (κ3) is 5.92. The standard InChI is InChI=1S/C17H24N2O4S/c1-21-10-11-23-14-22-9-4-12-24-17-18-7-8-19(17)16-6-3-2-5-15(16)13-20/h2-3,5-8,20H,4,9-14H2,1H3. The molecule has 1 aromatic heterocycles. The van der Waals surface area contributed by atoms with Gasteiger partial charge in [0.1, 0.15) is 6.79 Å². The SMILES string of the molecule is COCCOCOCCCSc1nccn1-c1ccccc1CO. The molecule has 0 fully saturated rings. The van der Waals surface area contributed by atoms with Crippen LogP contribution in [0.5, 0.6) is 0 Å². The number of para-hydroxylation sites is 1. The van der Waals surface area contributed by atoms with Crippen molar-refractivity contribution in [2.24, 2.45) is 0 Å². The Labute approximate surface area is 146 Å². The maximum absolute atomic E-state index is 9.48. The second kappa shape index (κ2) is 11.2. The summed E-state index contributed by atoms with van der Waals surface area (Å²) >= 11 is 1.67. The largest absolute Gasteiger partial charge is 0.392 e. The zero-order valence-corrected chi connectivity index (χ0v) is 14.7. The van der Waals surface area contributed by atoms with E-state index in [2.05, 4.69) is 4.98 Å². The third-order valence-electron chi connectivity index (χ3n) is 3.29. The molecule has 0 aliphatic heterocycles. The van der Waals surface area contributed by atoms with Gasteiger partial charge in [0.15, 0.2) is 5.16 Å². The van der Waals surface area contributed by atoms with Crippen molar-refractivity contribution in [2.45, 2.75) is 18.2 Å². The van der Waals surface area contributed by atoms with Gasteiger partial charge in [-0.25, -0.2) is 4.98 Å². The second-order valence-corrected chi connectivity index (χ2v) is 6.06. The highest BCUT2D eigenvalue weighted by atomic mass is 32.2. The van der Waals surface area contributed by atoms with Gasteiger partial charge in [-0.3, -0.25) is 4.57 Å². The molecule has 7 heteroatoms. The van der Waals surface area contributed by atoms with Crippen LogP contribution in [0.1, 0.15) is 12.0 Å². The minimum Gasteiger partial charge on any atom is -0.392 e. The van der Waals surface area contributed by atoms with Crippen LogP contribution in [0, 0.1) is 0 Å². The number of methoxy groups -OCH3 is 1. The molecule has 0 unspecified atom stereocenters. The number of rotatable bonds is 12. The smallest absolute Gasteiger partial charge is 0.172 e. The van der Waals surface area contributed by atoms with Crippen LogP contribution < -0.4 is 0 Å². The average molecular weight is 352 g/mol. The summed E-state index contributed by atoms with van der Waals surface area (Å²) in [6.45, 7) is 2.08. The van der Waals surface area contributed by atoms with E-state index >= 15 is 0 Å². The van der Waals surface area contributed by atoms with Crippen LogP contribution in [0.3, 0.4) is 0 Å². The van der Waals surface area contributed by atoms with Crippen molar-refractivity contribution in [2.75, 3.05) is 39.5 Å². The minimum atomic E-state index is 0.00930. The average Bonchev–Trinajstić information content (AvgIpc) is 3.08. The topological polar surface area (TPSA) is 65.7 Å². The number of thioether (sulfide) groups is 1. The van der Waals surface area contributed by atoms with Crippen molar-refractivity contribution < 1.29 is 19.3 Å². The van der Waals surface area contributed by atoms with Crippen molar-refractivity contribution in [3.05, 3.63) is 42.2 Å². The molecule has 0 aliphatic rings. The lowest BCUT2D eigenvalue weighted by Gasteiger charge is -2.11. The van der Waals surface area contributed by atoms with Gasteiger partial charge < -0.3 is 19.3 Å². The van der Waals surface area contributed by atoms with Crippen LogP contribution >= 0.6 is 11.8 Å². The molecule has 0 aliphatic carbocycles. The van der Waals surface area contributed by atoms with E-state index in [-0.39, 0.29) is 6.61 Å². The Morgan fingerprint density at radius 1 is 1.17 bits per heavy atom. The lowest BCUT2D eigenvalue weighted by atomic mass is 10.2. The van der Waals surface area contributed by atoms with Crippen LogP contribution in [0.4, 0.5) is 0 Å². The molecule has 0 radical (unpaired) electrons. The van der Waals surface area contributed by atoms with Gasteiger partial charge >= 0.3 is 0 Å². The van der Waals surface area contributed by atoms with E-state index < -0.39 is 0 Å². The van der Waals surface area contributed by atoms with E-state index in [0.717, 1.165) is 28.6 Å². The van der Waals surface area contributed by atoms with E-state index in [9.17, 15) is 5.11 Å². The molecular weight excluding hydrogens is 328 g/mol. The van der Waals surface area contributed by atoms with E-state index in [1.54, 1.807) is 25.1 Å². The number of nitrogens with zero attached hydrogens (tertiary/aromatic N) is 2. The van der Waals surface area contributed by atoms with Crippen LogP contribution in [-0.2, 0) is 20.8 Å².